The second-order valence-corrected chi connectivity index (χ2v) is 6.01. The summed E-state index contributed by atoms with van der Waals surface area (Å²) in [6.45, 7) is 1.75. The Labute approximate surface area is 167 Å². The van der Waals surface area contributed by atoms with Crippen LogP contribution in [0.25, 0.3) is 16.9 Å². The molecule has 1 N–H and O–H groups in total. The maximum Gasteiger partial charge on any atom is 0.343 e. The van der Waals surface area contributed by atoms with Crippen LogP contribution in [0.2, 0.25) is 0 Å². The van der Waals surface area contributed by atoms with Crippen molar-refractivity contribution in [3.63, 3.8) is 0 Å². The molecule has 3 aromatic rings. The lowest BCUT2D eigenvalue weighted by Gasteiger charge is -2.09. The molecule has 0 aliphatic rings. The van der Waals surface area contributed by atoms with E-state index in [0.29, 0.717) is 11.3 Å². The van der Waals surface area contributed by atoms with E-state index < -0.39 is 17.5 Å². The molecular formula is C23H19FN2O3. The van der Waals surface area contributed by atoms with Crippen LogP contribution in [0.15, 0.2) is 83.6 Å². The third-order valence-electron chi connectivity index (χ3n) is 4.09. The highest BCUT2D eigenvalue weighted by Gasteiger charge is 2.19. The Morgan fingerprint density at radius 2 is 1.83 bits per heavy atom. The second-order valence-electron chi connectivity index (χ2n) is 6.01. The molecule has 5 nitrogen and oxygen atoms in total. The molecule has 0 saturated carbocycles. The molecule has 0 aliphatic carbocycles. The summed E-state index contributed by atoms with van der Waals surface area (Å²) in [6.07, 6.45) is 4.40. The molecule has 146 valence electrons. The molecule has 0 bridgehead atoms. The maximum absolute atomic E-state index is 14.8. The van der Waals surface area contributed by atoms with E-state index in [0.717, 1.165) is 5.56 Å². The molecule has 0 saturated heterocycles. The van der Waals surface area contributed by atoms with Crippen LogP contribution in [-0.2, 0) is 9.53 Å². The normalized spacial score (nSPS) is 11.9. The SMILES string of the molecule is CCOC(=O)/C(C=Nc1ccccc1)=C(\O)c1ccc(-c2ccncc2)cc1F. The first-order valence-corrected chi connectivity index (χ1v) is 9.00. The van der Waals surface area contributed by atoms with Crippen molar-refractivity contribution in [2.45, 2.75) is 6.92 Å². The monoisotopic (exact) mass is 390 g/mol. The summed E-state index contributed by atoms with van der Waals surface area (Å²) >= 11 is 0. The number of pyridine rings is 1. The average Bonchev–Trinajstić information content (AvgIpc) is 2.75. The number of carbonyl (C=O) groups excluding carboxylic acids is 1. The Hall–Kier alpha value is -3.80. The van der Waals surface area contributed by atoms with Gasteiger partial charge in [-0.05, 0) is 54.4 Å². The Bertz CT molecular complexity index is 1050. The number of hydrogen-bond donors (Lipinski definition) is 1. The summed E-state index contributed by atoms with van der Waals surface area (Å²) in [7, 11) is 0. The predicted octanol–water partition coefficient (Wildman–Crippen LogP) is 5.12. The predicted molar refractivity (Wildman–Crippen MR) is 110 cm³/mol. The highest BCUT2D eigenvalue weighted by molar-refractivity contribution is 6.15. The molecule has 0 radical (unpaired) electrons. The molecular weight excluding hydrogens is 371 g/mol. The molecule has 1 aromatic heterocycles. The van der Waals surface area contributed by atoms with Crippen molar-refractivity contribution in [3.8, 4) is 11.1 Å². The van der Waals surface area contributed by atoms with Crippen LogP contribution in [-0.4, -0.2) is 28.9 Å². The summed E-state index contributed by atoms with van der Waals surface area (Å²) in [5, 5.41) is 10.6. The zero-order chi connectivity index (χ0) is 20.6. The first-order valence-electron chi connectivity index (χ1n) is 9.00. The van der Waals surface area contributed by atoms with E-state index in [1.165, 1.54) is 18.3 Å². The summed E-state index contributed by atoms with van der Waals surface area (Å²) < 4.78 is 19.7. The maximum atomic E-state index is 14.8. The van der Waals surface area contributed by atoms with Gasteiger partial charge < -0.3 is 9.84 Å². The van der Waals surface area contributed by atoms with Gasteiger partial charge >= 0.3 is 5.97 Å². The fraction of sp³-hybridized carbons (Fsp3) is 0.0870. The number of esters is 1. The van der Waals surface area contributed by atoms with Crippen molar-refractivity contribution in [2.24, 2.45) is 4.99 Å². The van der Waals surface area contributed by atoms with E-state index in [-0.39, 0.29) is 17.7 Å². The minimum Gasteiger partial charge on any atom is -0.506 e. The number of para-hydroxylation sites is 1. The summed E-state index contributed by atoms with van der Waals surface area (Å²) in [5.41, 5.74) is 1.63. The lowest BCUT2D eigenvalue weighted by atomic mass is 10.0. The fourth-order valence-electron chi connectivity index (χ4n) is 2.65. The number of aliphatic hydroxyl groups is 1. The fourth-order valence-corrected chi connectivity index (χ4v) is 2.65. The molecule has 0 aliphatic heterocycles. The van der Waals surface area contributed by atoms with Crippen molar-refractivity contribution < 1.29 is 19.0 Å². The molecule has 29 heavy (non-hydrogen) atoms. The topological polar surface area (TPSA) is 71.8 Å². The number of aromatic nitrogens is 1. The van der Waals surface area contributed by atoms with Crippen molar-refractivity contribution in [1.82, 2.24) is 4.98 Å². The highest BCUT2D eigenvalue weighted by atomic mass is 19.1. The Morgan fingerprint density at radius 3 is 2.48 bits per heavy atom. The van der Waals surface area contributed by atoms with Crippen LogP contribution in [0.5, 0.6) is 0 Å². The number of ether oxygens (including phenoxy) is 1. The number of aliphatic imine (C=N–C) groups is 1. The molecule has 2 aromatic carbocycles. The second kappa shape index (κ2) is 9.41. The van der Waals surface area contributed by atoms with Gasteiger partial charge in [-0.3, -0.25) is 9.98 Å². The zero-order valence-corrected chi connectivity index (χ0v) is 15.7. The van der Waals surface area contributed by atoms with Crippen LogP contribution in [0.3, 0.4) is 0 Å². The minimum absolute atomic E-state index is 0.109. The van der Waals surface area contributed by atoms with Crippen molar-refractivity contribution in [2.75, 3.05) is 6.61 Å². The summed E-state index contributed by atoms with van der Waals surface area (Å²) in [4.78, 5) is 20.4. The standard InChI is InChI=1S/C23H19FN2O3/c1-2-29-23(28)20(15-26-18-6-4-3-5-7-18)22(27)19-9-8-17(14-21(19)24)16-10-12-25-13-11-16/h3-15,27H,2H2,1H3/b22-20-,26-15?. The van der Waals surface area contributed by atoms with Gasteiger partial charge in [0.15, 0.2) is 0 Å². The Balaban J connectivity index is 2.01. The third kappa shape index (κ3) is 4.93. The zero-order valence-electron chi connectivity index (χ0n) is 15.7. The molecule has 0 unspecified atom stereocenters. The Morgan fingerprint density at radius 1 is 1.10 bits per heavy atom. The third-order valence-corrected chi connectivity index (χ3v) is 4.09. The molecule has 6 heteroatoms. The average molecular weight is 390 g/mol. The van der Waals surface area contributed by atoms with Gasteiger partial charge in [-0.15, -0.1) is 0 Å². The van der Waals surface area contributed by atoms with Gasteiger partial charge in [0.05, 0.1) is 17.9 Å². The first kappa shape index (κ1) is 19.9. The molecule has 0 fully saturated rings. The number of hydrogen-bond acceptors (Lipinski definition) is 5. The summed E-state index contributed by atoms with van der Waals surface area (Å²) in [6, 6.07) is 16.7. The van der Waals surface area contributed by atoms with Crippen molar-refractivity contribution in [3.05, 3.63) is 90.0 Å². The van der Waals surface area contributed by atoms with Crippen LogP contribution in [0.4, 0.5) is 10.1 Å². The van der Waals surface area contributed by atoms with E-state index in [1.807, 2.05) is 6.07 Å². The lowest BCUT2D eigenvalue weighted by Crippen LogP contribution is -2.11. The van der Waals surface area contributed by atoms with Gasteiger partial charge in [0.2, 0.25) is 0 Å². The van der Waals surface area contributed by atoms with E-state index in [1.54, 1.807) is 61.8 Å². The molecule has 3 rings (SSSR count). The van der Waals surface area contributed by atoms with E-state index in [2.05, 4.69) is 9.98 Å². The molecule has 0 atom stereocenters. The van der Waals surface area contributed by atoms with E-state index >= 15 is 0 Å². The van der Waals surface area contributed by atoms with Crippen LogP contribution in [0, 0.1) is 5.82 Å². The smallest absolute Gasteiger partial charge is 0.343 e. The van der Waals surface area contributed by atoms with Crippen LogP contribution >= 0.6 is 0 Å². The van der Waals surface area contributed by atoms with Crippen LogP contribution < -0.4 is 0 Å². The minimum atomic E-state index is -0.790. The van der Waals surface area contributed by atoms with E-state index in [9.17, 15) is 14.3 Å². The van der Waals surface area contributed by atoms with Gasteiger partial charge in [0, 0.05) is 18.6 Å². The number of aliphatic hydroxyl groups excluding tert-OH is 1. The number of halogens is 1. The lowest BCUT2D eigenvalue weighted by molar-refractivity contribution is -0.137. The van der Waals surface area contributed by atoms with Gasteiger partial charge in [0.1, 0.15) is 17.1 Å². The van der Waals surface area contributed by atoms with Gasteiger partial charge in [-0.1, -0.05) is 24.3 Å². The number of nitrogens with zero attached hydrogens (tertiary/aromatic N) is 2. The van der Waals surface area contributed by atoms with Crippen LogP contribution in [0.1, 0.15) is 12.5 Å². The first-order chi connectivity index (χ1) is 14.1. The van der Waals surface area contributed by atoms with Crippen molar-refractivity contribution >= 4 is 23.6 Å². The molecule has 0 amide bonds. The van der Waals surface area contributed by atoms with Gasteiger partial charge in [-0.2, -0.15) is 0 Å². The number of rotatable bonds is 6. The van der Waals surface area contributed by atoms with E-state index in [4.69, 9.17) is 4.74 Å². The number of benzene rings is 2. The highest BCUT2D eigenvalue weighted by Crippen LogP contribution is 2.26. The molecule has 1 heterocycles. The quantitative estimate of drug-likeness (QED) is 0.274. The largest absolute Gasteiger partial charge is 0.506 e. The Kier molecular flexibility index (Phi) is 6.47. The molecule has 0 spiro atoms. The summed E-state index contributed by atoms with van der Waals surface area (Å²) in [5.74, 6) is -2.00. The van der Waals surface area contributed by atoms with Gasteiger partial charge in [0.25, 0.3) is 0 Å². The van der Waals surface area contributed by atoms with Crippen molar-refractivity contribution in [1.29, 1.82) is 0 Å². The van der Waals surface area contributed by atoms with Gasteiger partial charge in [-0.25, -0.2) is 9.18 Å². The number of carbonyl (C=O) groups is 1.